The number of hydrogen-bond donors (Lipinski definition) is 1. The van der Waals surface area contributed by atoms with Gasteiger partial charge in [-0.05, 0) is 17.9 Å². The van der Waals surface area contributed by atoms with Crippen molar-refractivity contribution in [3.05, 3.63) is 35.9 Å². The van der Waals surface area contributed by atoms with E-state index < -0.39 is 12.1 Å². The zero-order chi connectivity index (χ0) is 14.5. The van der Waals surface area contributed by atoms with Crippen molar-refractivity contribution in [3.8, 4) is 0 Å². The lowest BCUT2D eigenvalue weighted by molar-refractivity contribution is -0.142. The largest absolute Gasteiger partial charge is 0.481 e. The number of nitrogens with zero attached hydrogens (tertiary/aromatic N) is 1. The Morgan fingerprint density at radius 2 is 2.10 bits per heavy atom. The van der Waals surface area contributed by atoms with Crippen molar-refractivity contribution in [1.82, 2.24) is 4.90 Å². The van der Waals surface area contributed by atoms with Gasteiger partial charge in [-0.2, -0.15) is 0 Å². The van der Waals surface area contributed by atoms with Crippen molar-refractivity contribution >= 4 is 11.9 Å². The molecule has 0 aromatic heterocycles. The summed E-state index contributed by atoms with van der Waals surface area (Å²) < 4.78 is 5.32. The first kappa shape index (κ1) is 14.5. The van der Waals surface area contributed by atoms with Crippen LogP contribution in [-0.4, -0.2) is 42.1 Å². The molecule has 5 heteroatoms. The van der Waals surface area contributed by atoms with Crippen LogP contribution in [0.3, 0.4) is 0 Å². The molecule has 1 saturated heterocycles. The van der Waals surface area contributed by atoms with Crippen LogP contribution in [0.5, 0.6) is 0 Å². The maximum atomic E-state index is 12.5. The van der Waals surface area contributed by atoms with E-state index in [4.69, 9.17) is 9.84 Å². The number of amides is 1. The first-order valence-corrected chi connectivity index (χ1v) is 6.70. The molecule has 0 aliphatic carbocycles. The fourth-order valence-electron chi connectivity index (χ4n) is 2.62. The van der Waals surface area contributed by atoms with Gasteiger partial charge in [0.15, 0.2) is 6.10 Å². The molecule has 1 N–H and O–H groups in total. The molecule has 0 bridgehead atoms. The summed E-state index contributed by atoms with van der Waals surface area (Å²) in [5, 5.41) is 8.80. The van der Waals surface area contributed by atoms with Crippen molar-refractivity contribution in [2.24, 2.45) is 5.92 Å². The van der Waals surface area contributed by atoms with E-state index in [0.717, 1.165) is 12.0 Å². The lowest BCUT2D eigenvalue weighted by Crippen LogP contribution is -2.34. The van der Waals surface area contributed by atoms with Crippen molar-refractivity contribution < 1.29 is 19.4 Å². The average molecular weight is 277 g/mol. The standard InChI is InChI=1S/C15H19NO4/c1-20-14(12-5-3-2-4-6-12)15(19)16-8-7-11(10-16)9-13(17)18/h2-6,11,14H,7-10H2,1H3,(H,17,18). The molecule has 1 aliphatic rings. The first-order chi connectivity index (χ1) is 9.61. The van der Waals surface area contributed by atoms with Crippen LogP contribution in [0.25, 0.3) is 0 Å². The molecule has 1 aromatic rings. The topological polar surface area (TPSA) is 66.8 Å². The first-order valence-electron chi connectivity index (χ1n) is 6.70. The molecule has 1 aliphatic heterocycles. The van der Waals surface area contributed by atoms with Gasteiger partial charge >= 0.3 is 5.97 Å². The summed E-state index contributed by atoms with van der Waals surface area (Å²) in [4.78, 5) is 24.9. The van der Waals surface area contributed by atoms with Crippen molar-refractivity contribution in [2.75, 3.05) is 20.2 Å². The maximum absolute atomic E-state index is 12.5. The van der Waals surface area contributed by atoms with Gasteiger partial charge in [0.2, 0.25) is 0 Å². The lowest BCUT2D eigenvalue weighted by atomic mass is 10.1. The number of methoxy groups -OCH3 is 1. The molecular weight excluding hydrogens is 258 g/mol. The highest BCUT2D eigenvalue weighted by molar-refractivity contribution is 5.82. The molecule has 2 atom stereocenters. The third-order valence-corrected chi connectivity index (χ3v) is 3.62. The molecule has 2 unspecified atom stereocenters. The smallest absolute Gasteiger partial charge is 0.303 e. The molecule has 5 nitrogen and oxygen atoms in total. The molecular formula is C15H19NO4. The van der Waals surface area contributed by atoms with Gasteiger partial charge in [-0.1, -0.05) is 30.3 Å². The van der Waals surface area contributed by atoms with E-state index in [0.29, 0.717) is 13.1 Å². The Morgan fingerprint density at radius 1 is 1.40 bits per heavy atom. The minimum atomic E-state index is -0.810. The summed E-state index contributed by atoms with van der Waals surface area (Å²) in [6.45, 7) is 1.10. The van der Waals surface area contributed by atoms with Crippen LogP contribution in [0.1, 0.15) is 24.5 Å². The van der Waals surface area contributed by atoms with E-state index in [-0.39, 0.29) is 18.2 Å². The highest BCUT2D eigenvalue weighted by Gasteiger charge is 2.32. The van der Waals surface area contributed by atoms with Gasteiger partial charge in [-0.25, -0.2) is 0 Å². The van der Waals surface area contributed by atoms with Gasteiger partial charge in [0, 0.05) is 26.6 Å². The van der Waals surface area contributed by atoms with Gasteiger partial charge in [-0.15, -0.1) is 0 Å². The normalized spacial score (nSPS) is 19.9. The minimum Gasteiger partial charge on any atom is -0.481 e. The fourth-order valence-corrected chi connectivity index (χ4v) is 2.62. The van der Waals surface area contributed by atoms with Crippen LogP contribution >= 0.6 is 0 Å². The number of benzene rings is 1. The van der Waals surface area contributed by atoms with Gasteiger partial charge in [0.1, 0.15) is 0 Å². The van der Waals surface area contributed by atoms with Gasteiger partial charge in [0.25, 0.3) is 5.91 Å². The number of ether oxygens (including phenoxy) is 1. The third-order valence-electron chi connectivity index (χ3n) is 3.62. The zero-order valence-corrected chi connectivity index (χ0v) is 11.5. The zero-order valence-electron chi connectivity index (χ0n) is 11.5. The number of hydrogen-bond acceptors (Lipinski definition) is 3. The molecule has 0 radical (unpaired) electrons. The van der Waals surface area contributed by atoms with E-state index in [9.17, 15) is 9.59 Å². The summed E-state index contributed by atoms with van der Waals surface area (Å²) in [5.74, 6) is -0.855. The van der Waals surface area contributed by atoms with Crippen molar-refractivity contribution in [1.29, 1.82) is 0 Å². The Labute approximate surface area is 118 Å². The minimum absolute atomic E-state index is 0.0460. The van der Waals surface area contributed by atoms with Crippen LogP contribution in [0, 0.1) is 5.92 Å². The van der Waals surface area contributed by atoms with Crippen molar-refractivity contribution in [2.45, 2.75) is 18.9 Å². The fraction of sp³-hybridized carbons (Fsp3) is 0.467. The molecule has 108 valence electrons. The lowest BCUT2D eigenvalue weighted by Gasteiger charge is -2.22. The molecule has 0 spiro atoms. The number of rotatable bonds is 5. The third kappa shape index (κ3) is 3.36. The summed E-state index contributed by atoms with van der Waals surface area (Å²) in [6, 6.07) is 9.34. The predicted octanol–water partition coefficient (Wildman–Crippen LogP) is 1.70. The van der Waals surface area contributed by atoms with E-state index in [1.54, 1.807) is 4.90 Å². The Morgan fingerprint density at radius 3 is 2.70 bits per heavy atom. The molecule has 1 amide bonds. The second-order valence-corrected chi connectivity index (χ2v) is 5.06. The quantitative estimate of drug-likeness (QED) is 0.889. The average Bonchev–Trinajstić information content (AvgIpc) is 2.88. The molecule has 20 heavy (non-hydrogen) atoms. The van der Waals surface area contributed by atoms with E-state index in [2.05, 4.69) is 0 Å². The number of aliphatic carboxylic acids is 1. The second-order valence-electron chi connectivity index (χ2n) is 5.06. The second kappa shape index (κ2) is 6.52. The van der Waals surface area contributed by atoms with Crippen LogP contribution in [0.2, 0.25) is 0 Å². The Kier molecular flexibility index (Phi) is 4.74. The molecule has 1 heterocycles. The molecule has 1 fully saturated rings. The molecule has 1 aromatic carbocycles. The highest BCUT2D eigenvalue weighted by atomic mass is 16.5. The number of carboxylic acid groups (broad SMARTS) is 1. The Balaban J connectivity index is 2.02. The van der Waals surface area contributed by atoms with E-state index in [1.807, 2.05) is 30.3 Å². The van der Waals surface area contributed by atoms with E-state index >= 15 is 0 Å². The monoisotopic (exact) mass is 277 g/mol. The number of carboxylic acids is 1. The van der Waals surface area contributed by atoms with Crippen molar-refractivity contribution in [3.63, 3.8) is 0 Å². The molecule has 2 rings (SSSR count). The Hall–Kier alpha value is -1.88. The molecule has 0 saturated carbocycles. The summed E-state index contributed by atoms with van der Waals surface area (Å²) in [5.41, 5.74) is 0.821. The maximum Gasteiger partial charge on any atom is 0.303 e. The van der Waals surface area contributed by atoms with E-state index in [1.165, 1.54) is 7.11 Å². The van der Waals surface area contributed by atoms with Crippen LogP contribution in [0.4, 0.5) is 0 Å². The highest BCUT2D eigenvalue weighted by Crippen LogP contribution is 2.25. The van der Waals surface area contributed by atoms with Gasteiger partial charge in [0.05, 0.1) is 0 Å². The van der Waals surface area contributed by atoms with Gasteiger partial charge < -0.3 is 14.7 Å². The van der Waals surface area contributed by atoms with Gasteiger partial charge in [-0.3, -0.25) is 9.59 Å². The summed E-state index contributed by atoms with van der Waals surface area (Å²) in [7, 11) is 1.51. The van der Waals surface area contributed by atoms with Crippen LogP contribution < -0.4 is 0 Å². The SMILES string of the molecule is COC(C(=O)N1CCC(CC(=O)O)C1)c1ccccc1. The summed E-state index contributed by atoms with van der Waals surface area (Å²) in [6.07, 6.45) is 0.246. The number of carbonyl (C=O) groups is 2. The van der Waals surface area contributed by atoms with Crippen LogP contribution in [-0.2, 0) is 14.3 Å². The summed E-state index contributed by atoms with van der Waals surface area (Å²) >= 11 is 0. The number of carbonyl (C=O) groups excluding carboxylic acids is 1. The predicted molar refractivity (Wildman–Crippen MR) is 73.1 cm³/mol. The Bertz CT molecular complexity index is 474. The number of likely N-dealkylation sites (tertiary alicyclic amines) is 1. The van der Waals surface area contributed by atoms with Crippen LogP contribution in [0.15, 0.2) is 30.3 Å².